The molecule has 0 atom stereocenters. The van der Waals surface area contributed by atoms with Crippen LogP contribution in [0.15, 0.2) is 63.8 Å². The second kappa shape index (κ2) is 9.04. The Morgan fingerprint density at radius 2 is 1.68 bits per heavy atom. The summed E-state index contributed by atoms with van der Waals surface area (Å²) in [4.78, 5) is 47.2. The van der Waals surface area contributed by atoms with E-state index >= 15 is 0 Å². The normalized spacial score (nSPS) is 10.9. The van der Waals surface area contributed by atoms with Crippen LogP contribution in [0.3, 0.4) is 0 Å². The van der Waals surface area contributed by atoms with E-state index in [1.165, 1.54) is 48.5 Å². The predicted molar refractivity (Wildman–Crippen MR) is 122 cm³/mol. The van der Waals surface area contributed by atoms with E-state index in [2.05, 4.69) is 10.6 Å². The Morgan fingerprint density at radius 1 is 0.912 bits per heavy atom. The van der Waals surface area contributed by atoms with Gasteiger partial charge in [0, 0.05) is 34.3 Å². The number of nitrogens with one attached hydrogen (secondary N) is 2. The van der Waals surface area contributed by atoms with Crippen molar-refractivity contribution >= 4 is 34.4 Å². The minimum absolute atomic E-state index is 0.0652. The highest BCUT2D eigenvalue weighted by molar-refractivity contribution is 6.08. The lowest BCUT2D eigenvalue weighted by molar-refractivity contribution is -0.126. The van der Waals surface area contributed by atoms with E-state index in [0.717, 1.165) is 0 Å². The molecule has 172 valence electrons. The highest BCUT2D eigenvalue weighted by atomic mass is 16.4. The zero-order valence-corrected chi connectivity index (χ0v) is 17.5. The van der Waals surface area contributed by atoms with Gasteiger partial charge in [-0.05, 0) is 42.0 Å². The Morgan fingerprint density at radius 3 is 2.41 bits per heavy atom. The lowest BCUT2D eigenvalue weighted by Gasteiger charge is -2.17. The molecule has 0 radical (unpaired) electrons. The molecule has 2 aromatic carbocycles. The zero-order valence-electron chi connectivity index (χ0n) is 17.5. The van der Waals surface area contributed by atoms with Gasteiger partial charge in [-0.15, -0.1) is 0 Å². The maximum absolute atomic E-state index is 12.2. The van der Waals surface area contributed by atoms with Gasteiger partial charge < -0.3 is 30.4 Å². The lowest BCUT2D eigenvalue weighted by Crippen LogP contribution is -2.34. The molecule has 1 heterocycles. The molecule has 1 aliphatic carbocycles. The van der Waals surface area contributed by atoms with E-state index in [0.29, 0.717) is 22.1 Å². The molecule has 0 saturated heterocycles. The van der Waals surface area contributed by atoms with Gasteiger partial charge in [0.1, 0.15) is 23.7 Å². The number of aliphatic hydroxyl groups excluding tert-OH is 1. The van der Waals surface area contributed by atoms with E-state index in [-0.39, 0.29) is 33.8 Å². The van der Waals surface area contributed by atoms with Gasteiger partial charge in [0.2, 0.25) is 11.8 Å². The third kappa shape index (κ3) is 4.43. The zero-order chi connectivity index (χ0) is 24.4. The first-order valence-electron chi connectivity index (χ1n) is 10.0. The standard InChI is InChI=1S/C24H18N2O8/c27-11-22(31)25-10-21(30)26-12-1-4-15(18(7-12)24(32)33)23-16-5-2-13(28)8-19(16)34-20-9-14(29)3-6-17(20)23/h1-9,27-28H,10-11H2,(H,25,31)(H,26,30)(H,32,33). The van der Waals surface area contributed by atoms with Gasteiger partial charge in [-0.3, -0.25) is 14.4 Å². The van der Waals surface area contributed by atoms with Crippen molar-refractivity contribution in [1.82, 2.24) is 5.32 Å². The number of hydrogen-bond donors (Lipinski definition) is 5. The van der Waals surface area contributed by atoms with Crippen molar-refractivity contribution in [1.29, 1.82) is 0 Å². The molecule has 0 spiro atoms. The second-order valence-electron chi connectivity index (χ2n) is 7.36. The number of rotatable bonds is 6. The Labute approximate surface area is 191 Å². The highest BCUT2D eigenvalue weighted by Crippen LogP contribution is 2.42. The van der Waals surface area contributed by atoms with Crippen molar-refractivity contribution < 1.29 is 34.1 Å². The molecule has 0 unspecified atom stereocenters. The van der Waals surface area contributed by atoms with Crippen LogP contribution >= 0.6 is 0 Å². The number of aromatic carboxylic acids is 1. The summed E-state index contributed by atoms with van der Waals surface area (Å²) in [5, 5.41) is 33.7. The molecule has 0 aromatic heterocycles. The average molecular weight is 462 g/mol. The summed E-state index contributed by atoms with van der Waals surface area (Å²) in [6, 6.07) is 12.8. The average Bonchev–Trinajstić information content (AvgIpc) is 2.80. The number of amides is 2. The molecular formula is C24H18N2O8. The summed E-state index contributed by atoms with van der Waals surface area (Å²) >= 11 is 0. The minimum atomic E-state index is -1.26. The van der Waals surface area contributed by atoms with Crippen molar-refractivity contribution in [2.24, 2.45) is 0 Å². The van der Waals surface area contributed by atoms with Crippen LogP contribution in [0.1, 0.15) is 10.4 Å². The number of aliphatic hydroxyl groups is 1. The topological polar surface area (TPSA) is 166 Å². The number of phenols is 1. The minimum Gasteiger partial charge on any atom is -0.508 e. The fourth-order valence-corrected chi connectivity index (χ4v) is 3.61. The van der Waals surface area contributed by atoms with Crippen molar-refractivity contribution in [3.8, 4) is 28.2 Å². The molecular weight excluding hydrogens is 444 g/mol. The van der Waals surface area contributed by atoms with Gasteiger partial charge in [0.15, 0.2) is 5.43 Å². The third-order valence-corrected chi connectivity index (χ3v) is 5.07. The Kier molecular flexibility index (Phi) is 5.98. The van der Waals surface area contributed by atoms with Gasteiger partial charge in [-0.1, -0.05) is 6.07 Å². The van der Waals surface area contributed by atoms with Gasteiger partial charge >= 0.3 is 5.97 Å². The lowest BCUT2D eigenvalue weighted by atomic mass is 9.90. The van der Waals surface area contributed by atoms with Crippen molar-refractivity contribution in [2.75, 3.05) is 18.5 Å². The van der Waals surface area contributed by atoms with Crippen LogP contribution in [0.2, 0.25) is 0 Å². The molecule has 34 heavy (non-hydrogen) atoms. The molecule has 2 amide bonds. The first-order chi connectivity index (χ1) is 16.3. The Balaban J connectivity index is 1.85. The van der Waals surface area contributed by atoms with Crippen LogP contribution in [-0.2, 0) is 9.59 Å². The molecule has 0 bridgehead atoms. The van der Waals surface area contributed by atoms with Crippen LogP contribution in [0.4, 0.5) is 5.69 Å². The number of benzene rings is 3. The monoisotopic (exact) mass is 462 g/mol. The first-order valence-corrected chi connectivity index (χ1v) is 10.0. The van der Waals surface area contributed by atoms with E-state index < -0.39 is 30.9 Å². The Bertz CT molecular complexity index is 1470. The summed E-state index contributed by atoms with van der Waals surface area (Å²) in [5.74, 6) is -2.45. The van der Waals surface area contributed by atoms with E-state index in [1.54, 1.807) is 6.07 Å². The van der Waals surface area contributed by atoms with Gasteiger partial charge in [-0.25, -0.2) is 4.79 Å². The van der Waals surface area contributed by atoms with Crippen LogP contribution in [0.25, 0.3) is 33.4 Å². The van der Waals surface area contributed by atoms with Gasteiger partial charge in [0.05, 0.1) is 12.1 Å². The maximum atomic E-state index is 12.2. The number of carboxylic acids is 1. The number of carbonyl (C=O) groups is 3. The summed E-state index contributed by atoms with van der Waals surface area (Å²) in [6.07, 6.45) is 0. The molecule has 2 aliphatic rings. The molecule has 5 N–H and O–H groups in total. The number of aromatic hydroxyl groups is 1. The molecule has 0 fully saturated rings. The summed E-state index contributed by atoms with van der Waals surface area (Å²) in [7, 11) is 0. The smallest absolute Gasteiger partial charge is 0.336 e. The molecule has 2 aromatic rings. The van der Waals surface area contributed by atoms with Crippen molar-refractivity contribution in [3.63, 3.8) is 0 Å². The molecule has 10 nitrogen and oxygen atoms in total. The van der Waals surface area contributed by atoms with E-state index in [1.807, 2.05) is 0 Å². The first kappa shape index (κ1) is 22.5. The van der Waals surface area contributed by atoms with Gasteiger partial charge in [-0.2, -0.15) is 0 Å². The molecule has 4 rings (SSSR count). The predicted octanol–water partition coefficient (Wildman–Crippen LogP) is 2.02. The largest absolute Gasteiger partial charge is 0.508 e. The van der Waals surface area contributed by atoms with Crippen LogP contribution in [-0.4, -0.2) is 46.3 Å². The van der Waals surface area contributed by atoms with E-state index in [4.69, 9.17) is 9.52 Å². The maximum Gasteiger partial charge on any atom is 0.336 e. The van der Waals surface area contributed by atoms with Gasteiger partial charge in [0.25, 0.3) is 0 Å². The highest BCUT2D eigenvalue weighted by Gasteiger charge is 2.22. The number of phenolic OH excluding ortho intramolecular Hbond substituents is 1. The quantitative estimate of drug-likeness (QED) is 0.271. The van der Waals surface area contributed by atoms with Crippen LogP contribution < -0.4 is 16.1 Å². The van der Waals surface area contributed by atoms with Crippen molar-refractivity contribution in [3.05, 3.63) is 70.4 Å². The second-order valence-corrected chi connectivity index (χ2v) is 7.36. The summed E-state index contributed by atoms with van der Waals surface area (Å²) in [6.45, 7) is -1.16. The molecule has 0 saturated carbocycles. The van der Waals surface area contributed by atoms with Crippen molar-refractivity contribution in [2.45, 2.75) is 0 Å². The number of hydrogen-bond acceptors (Lipinski definition) is 7. The summed E-state index contributed by atoms with van der Waals surface area (Å²) in [5.41, 5.74) is 1.26. The van der Waals surface area contributed by atoms with Crippen LogP contribution in [0.5, 0.6) is 5.75 Å². The Hall–Kier alpha value is -4.70. The fraction of sp³-hybridized carbons (Fsp3) is 0.0833. The van der Waals surface area contributed by atoms with Crippen LogP contribution in [0, 0.1) is 0 Å². The molecule has 1 aliphatic heterocycles. The number of anilines is 1. The molecule has 10 heteroatoms. The van der Waals surface area contributed by atoms with E-state index in [9.17, 15) is 29.4 Å². The fourth-order valence-electron chi connectivity index (χ4n) is 3.61. The number of fused-ring (bicyclic) bond motifs is 2. The number of carboxylic acid groups (broad SMARTS) is 1. The summed E-state index contributed by atoms with van der Waals surface area (Å²) < 4.78 is 5.79. The third-order valence-electron chi connectivity index (χ3n) is 5.07. The SMILES string of the molecule is O=C(CO)NCC(=O)Nc1ccc(-c2c3ccc(=O)cc-3oc3cc(O)ccc23)c(C(=O)O)c1. The number of carbonyl (C=O) groups excluding carboxylic acids is 2.